The normalized spacial score (nSPS) is 31.2. The van der Waals surface area contributed by atoms with Crippen molar-refractivity contribution in [3.8, 4) is 0 Å². The van der Waals surface area contributed by atoms with Crippen molar-refractivity contribution in [2.45, 2.75) is 38.6 Å². The summed E-state index contributed by atoms with van der Waals surface area (Å²) in [5, 5.41) is 6.54. The summed E-state index contributed by atoms with van der Waals surface area (Å²) in [7, 11) is 2.17. The molecule has 2 atom stereocenters. The molecule has 2 heterocycles. The first-order chi connectivity index (χ1) is 8.65. The molecule has 1 amide bonds. The highest BCUT2D eigenvalue weighted by Gasteiger charge is 2.24. The molecule has 104 valence electrons. The summed E-state index contributed by atoms with van der Waals surface area (Å²) < 4.78 is 0. The van der Waals surface area contributed by atoms with E-state index in [2.05, 4.69) is 29.5 Å². The van der Waals surface area contributed by atoms with Crippen LogP contribution in [0.15, 0.2) is 0 Å². The van der Waals surface area contributed by atoms with Crippen LogP contribution in [-0.4, -0.2) is 50.1 Å². The first kappa shape index (κ1) is 13.8. The van der Waals surface area contributed by atoms with Crippen LogP contribution < -0.4 is 10.6 Å². The van der Waals surface area contributed by atoms with Gasteiger partial charge in [-0.2, -0.15) is 0 Å². The lowest BCUT2D eigenvalue weighted by atomic mass is 9.93. The molecule has 4 nitrogen and oxygen atoms in total. The summed E-state index contributed by atoms with van der Waals surface area (Å²) in [6.07, 6.45) is 4.59. The zero-order valence-corrected chi connectivity index (χ0v) is 11.7. The van der Waals surface area contributed by atoms with Gasteiger partial charge >= 0.3 is 0 Å². The smallest absolute Gasteiger partial charge is 0.224 e. The monoisotopic (exact) mass is 253 g/mol. The molecule has 0 aromatic rings. The van der Waals surface area contributed by atoms with Gasteiger partial charge in [-0.3, -0.25) is 4.79 Å². The summed E-state index contributed by atoms with van der Waals surface area (Å²) in [5.41, 5.74) is 0. The summed E-state index contributed by atoms with van der Waals surface area (Å²) in [6, 6.07) is 0.572. The minimum atomic E-state index is 0.187. The molecule has 0 bridgehead atoms. The zero-order chi connectivity index (χ0) is 13.0. The highest BCUT2D eigenvalue weighted by Crippen LogP contribution is 2.17. The Hall–Kier alpha value is -0.610. The van der Waals surface area contributed by atoms with Crippen LogP contribution in [0.2, 0.25) is 0 Å². The maximum absolute atomic E-state index is 12.1. The van der Waals surface area contributed by atoms with Crippen LogP contribution >= 0.6 is 0 Å². The maximum atomic E-state index is 12.1. The maximum Gasteiger partial charge on any atom is 0.224 e. The van der Waals surface area contributed by atoms with Gasteiger partial charge in [-0.1, -0.05) is 0 Å². The largest absolute Gasteiger partial charge is 0.356 e. The van der Waals surface area contributed by atoms with E-state index in [1.165, 1.54) is 25.9 Å². The molecule has 2 rings (SSSR count). The van der Waals surface area contributed by atoms with Crippen molar-refractivity contribution < 1.29 is 4.79 Å². The summed E-state index contributed by atoms with van der Waals surface area (Å²) in [5.74, 6) is 1.13. The summed E-state index contributed by atoms with van der Waals surface area (Å²) >= 11 is 0. The van der Waals surface area contributed by atoms with E-state index < -0.39 is 0 Å². The highest BCUT2D eigenvalue weighted by molar-refractivity contribution is 5.78. The SMILES string of the molecule is CC1CCC(C(=O)NCC2CCN(C)CC2)CN1. The molecule has 0 radical (unpaired) electrons. The molecule has 18 heavy (non-hydrogen) atoms. The molecule has 2 fully saturated rings. The number of nitrogens with zero attached hydrogens (tertiary/aromatic N) is 1. The van der Waals surface area contributed by atoms with E-state index in [1.807, 2.05) is 0 Å². The molecule has 2 aliphatic rings. The second-order valence-corrected chi connectivity index (χ2v) is 6.08. The van der Waals surface area contributed by atoms with E-state index in [0.717, 1.165) is 25.9 Å². The van der Waals surface area contributed by atoms with Gasteiger partial charge in [-0.15, -0.1) is 0 Å². The number of piperidine rings is 2. The van der Waals surface area contributed by atoms with Crippen LogP contribution in [-0.2, 0) is 4.79 Å². The molecule has 0 aromatic carbocycles. The fourth-order valence-corrected chi connectivity index (χ4v) is 2.88. The van der Waals surface area contributed by atoms with Gasteiger partial charge in [0.25, 0.3) is 0 Å². The third-order valence-corrected chi connectivity index (χ3v) is 4.43. The van der Waals surface area contributed by atoms with E-state index in [0.29, 0.717) is 12.0 Å². The Balaban J connectivity index is 1.65. The van der Waals surface area contributed by atoms with Gasteiger partial charge < -0.3 is 15.5 Å². The lowest BCUT2D eigenvalue weighted by Gasteiger charge is -2.30. The number of hydrogen-bond donors (Lipinski definition) is 2. The molecule has 0 spiro atoms. The number of hydrogen-bond acceptors (Lipinski definition) is 3. The molecule has 2 unspecified atom stereocenters. The van der Waals surface area contributed by atoms with Crippen molar-refractivity contribution in [1.82, 2.24) is 15.5 Å². The van der Waals surface area contributed by atoms with Gasteiger partial charge in [0.05, 0.1) is 5.92 Å². The number of carbonyl (C=O) groups is 1. The van der Waals surface area contributed by atoms with Crippen LogP contribution in [0.3, 0.4) is 0 Å². The van der Waals surface area contributed by atoms with Gasteiger partial charge in [0.1, 0.15) is 0 Å². The number of rotatable bonds is 3. The second-order valence-electron chi connectivity index (χ2n) is 6.08. The van der Waals surface area contributed by atoms with Gasteiger partial charge in [-0.25, -0.2) is 0 Å². The Morgan fingerprint density at radius 3 is 2.61 bits per heavy atom. The van der Waals surface area contributed by atoms with Gasteiger partial charge in [0.15, 0.2) is 0 Å². The van der Waals surface area contributed by atoms with Crippen molar-refractivity contribution in [1.29, 1.82) is 0 Å². The van der Waals surface area contributed by atoms with Crippen molar-refractivity contribution in [2.75, 3.05) is 33.2 Å². The number of likely N-dealkylation sites (tertiary alicyclic amines) is 1. The van der Waals surface area contributed by atoms with E-state index in [4.69, 9.17) is 0 Å². The molecule has 2 N–H and O–H groups in total. The first-order valence-electron chi connectivity index (χ1n) is 7.35. The third kappa shape index (κ3) is 3.95. The summed E-state index contributed by atoms with van der Waals surface area (Å²) in [4.78, 5) is 14.4. The van der Waals surface area contributed by atoms with E-state index in [-0.39, 0.29) is 11.8 Å². The quantitative estimate of drug-likeness (QED) is 0.783. The average molecular weight is 253 g/mol. The molecule has 0 saturated carbocycles. The van der Waals surface area contributed by atoms with Crippen LogP contribution in [0.1, 0.15) is 32.6 Å². The van der Waals surface area contributed by atoms with Crippen LogP contribution in [0.4, 0.5) is 0 Å². The van der Waals surface area contributed by atoms with Crippen LogP contribution in [0.5, 0.6) is 0 Å². The highest BCUT2D eigenvalue weighted by atomic mass is 16.1. The molecule has 4 heteroatoms. The van der Waals surface area contributed by atoms with Crippen molar-refractivity contribution in [3.05, 3.63) is 0 Å². The van der Waals surface area contributed by atoms with Crippen LogP contribution in [0, 0.1) is 11.8 Å². The van der Waals surface area contributed by atoms with Gasteiger partial charge in [-0.05, 0) is 58.7 Å². The van der Waals surface area contributed by atoms with Gasteiger partial charge in [0.2, 0.25) is 5.91 Å². The number of nitrogens with one attached hydrogen (secondary N) is 2. The molecule has 2 aliphatic heterocycles. The Morgan fingerprint density at radius 2 is 2.00 bits per heavy atom. The van der Waals surface area contributed by atoms with E-state index >= 15 is 0 Å². The average Bonchev–Trinajstić information content (AvgIpc) is 2.38. The van der Waals surface area contributed by atoms with Gasteiger partial charge in [0, 0.05) is 19.1 Å². The minimum absolute atomic E-state index is 0.187. The van der Waals surface area contributed by atoms with Crippen LogP contribution in [0.25, 0.3) is 0 Å². The Morgan fingerprint density at radius 1 is 1.28 bits per heavy atom. The molecular weight excluding hydrogens is 226 g/mol. The molecule has 2 saturated heterocycles. The third-order valence-electron chi connectivity index (χ3n) is 4.43. The topological polar surface area (TPSA) is 44.4 Å². The van der Waals surface area contributed by atoms with E-state index in [1.54, 1.807) is 0 Å². The lowest BCUT2D eigenvalue weighted by molar-refractivity contribution is -0.125. The van der Waals surface area contributed by atoms with Crippen molar-refractivity contribution in [2.24, 2.45) is 11.8 Å². The number of carbonyl (C=O) groups excluding carboxylic acids is 1. The lowest BCUT2D eigenvalue weighted by Crippen LogP contribution is -2.45. The Kier molecular flexibility index (Phi) is 5.01. The fraction of sp³-hybridized carbons (Fsp3) is 0.929. The first-order valence-corrected chi connectivity index (χ1v) is 7.35. The Labute approximate surface area is 110 Å². The second kappa shape index (κ2) is 6.53. The minimum Gasteiger partial charge on any atom is -0.356 e. The molecule has 0 aliphatic carbocycles. The van der Waals surface area contributed by atoms with Crippen molar-refractivity contribution >= 4 is 5.91 Å². The fourth-order valence-electron chi connectivity index (χ4n) is 2.88. The van der Waals surface area contributed by atoms with E-state index in [9.17, 15) is 4.79 Å². The molecule has 0 aromatic heterocycles. The Bertz CT molecular complexity index is 266. The molecular formula is C14H27N3O. The number of amides is 1. The predicted octanol–water partition coefficient (Wildman–Crippen LogP) is 0.833. The zero-order valence-electron chi connectivity index (χ0n) is 11.7. The summed E-state index contributed by atoms with van der Waals surface area (Å²) in [6.45, 7) is 6.25. The standard InChI is InChI=1S/C14H27N3O/c1-11-3-4-13(10-15-11)14(18)16-9-12-5-7-17(2)8-6-12/h11-13,15H,3-10H2,1-2H3,(H,16,18). The van der Waals surface area contributed by atoms with Crippen molar-refractivity contribution in [3.63, 3.8) is 0 Å². The predicted molar refractivity (Wildman–Crippen MR) is 73.4 cm³/mol.